The maximum Gasteiger partial charge on any atom is 0.417 e. The summed E-state index contributed by atoms with van der Waals surface area (Å²) in [4.78, 5) is 25.4. The van der Waals surface area contributed by atoms with Gasteiger partial charge in [-0.15, -0.1) is 0 Å². The Morgan fingerprint density at radius 2 is 2.05 bits per heavy atom. The summed E-state index contributed by atoms with van der Waals surface area (Å²) in [5, 5.41) is 0. The number of amides is 2. The molecule has 0 N–H and O–H groups in total. The van der Waals surface area contributed by atoms with E-state index in [4.69, 9.17) is 4.74 Å². The number of hydrogen-bond donors (Lipinski definition) is 0. The maximum absolute atomic E-state index is 12.2. The maximum atomic E-state index is 12.2. The second-order valence-corrected chi connectivity index (χ2v) is 5.03. The van der Waals surface area contributed by atoms with Gasteiger partial charge in [0.05, 0.1) is 0 Å². The molecule has 1 aromatic rings. The standard InChI is InChI=1S/C15H19NO3/c1-3-4-10-13(17)16-14(18)19-11-15(16,2)12-8-6-5-7-9-12/h5-9H,3-4,10-11H2,1-2H3. The highest BCUT2D eigenvalue weighted by Gasteiger charge is 2.48. The fourth-order valence-electron chi connectivity index (χ4n) is 2.36. The van der Waals surface area contributed by atoms with Crippen LogP contribution in [-0.4, -0.2) is 23.5 Å². The van der Waals surface area contributed by atoms with Gasteiger partial charge in [-0.05, 0) is 18.9 Å². The second-order valence-electron chi connectivity index (χ2n) is 5.03. The second kappa shape index (κ2) is 5.43. The van der Waals surface area contributed by atoms with Crippen LogP contribution >= 0.6 is 0 Å². The van der Waals surface area contributed by atoms with E-state index in [9.17, 15) is 9.59 Å². The molecule has 0 radical (unpaired) electrons. The highest BCUT2D eigenvalue weighted by atomic mass is 16.6. The van der Waals surface area contributed by atoms with Gasteiger partial charge in [0, 0.05) is 6.42 Å². The SMILES string of the molecule is CCCCC(=O)N1C(=O)OCC1(C)c1ccccc1. The van der Waals surface area contributed by atoms with E-state index in [2.05, 4.69) is 0 Å². The Hall–Kier alpha value is -1.84. The summed E-state index contributed by atoms with van der Waals surface area (Å²) in [6.45, 7) is 4.11. The average molecular weight is 261 g/mol. The lowest BCUT2D eigenvalue weighted by Crippen LogP contribution is -2.46. The molecular weight excluding hydrogens is 242 g/mol. The Kier molecular flexibility index (Phi) is 3.88. The summed E-state index contributed by atoms with van der Waals surface area (Å²) in [7, 11) is 0. The highest BCUT2D eigenvalue weighted by molar-refractivity contribution is 5.94. The zero-order chi connectivity index (χ0) is 13.9. The van der Waals surface area contributed by atoms with Crippen molar-refractivity contribution in [1.29, 1.82) is 0 Å². The molecule has 0 aliphatic carbocycles. The number of nitrogens with zero attached hydrogens (tertiary/aromatic N) is 1. The molecule has 2 amide bonds. The molecular formula is C15H19NO3. The average Bonchev–Trinajstić information content (AvgIpc) is 2.74. The van der Waals surface area contributed by atoms with Crippen LogP contribution in [0.25, 0.3) is 0 Å². The summed E-state index contributed by atoms with van der Waals surface area (Å²) in [5.41, 5.74) is 0.231. The van der Waals surface area contributed by atoms with Crippen molar-refractivity contribution in [1.82, 2.24) is 4.90 Å². The summed E-state index contributed by atoms with van der Waals surface area (Å²) in [6.07, 6.45) is 1.56. The minimum Gasteiger partial charge on any atom is -0.446 e. The molecule has 1 fully saturated rings. The topological polar surface area (TPSA) is 46.6 Å². The largest absolute Gasteiger partial charge is 0.446 e. The summed E-state index contributed by atoms with van der Waals surface area (Å²) < 4.78 is 5.10. The Labute approximate surface area is 113 Å². The number of benzene rings is 1. The first-order valence-corrected chi connectivity index (χ1v) is 6.65. The minimum atomic E-state index is -0.691. The first kappa shape index (κ1) is 13.6. The fourth-order valence-corrected chi connectivity index (χ4v) is 2.36. The van der Waals surface area contributed by atoms with Gasteiger partial charge in [0.25, 0.3) is 0 Å². The summed E-state index contributed by atoms with van der Waals surface area (Å²) in [5.74, 6) is -0.157. The first-order valence-electron chi connectivity index (χ1n) is 6.65. The van der Waals surface area contributed by atoms with Crippen LogP contribution in [0.1, 0.15) is 38.7 Å². The van der Waals surface area contributed by atoms with Gasteiger partial charge in [-0.1, -0.05) is 43.7 Å². The van der Waals surface area contributed by atoms with Crippen molar-refractivity contribution in [3.8, 4) is 0 Å². The van der Waals surface area contributed by atoms with Crippen molar-refractivity contribution in [2.45, 2.75) is 38.6 Å². The van der Waals surface area contributed by atoms with Gasteiger partial charge in [0.1, 0.15) is 12.1 Å². The summed E-state index contributed by atoms with van der Waals surface area (Å²) >= 11 is 0. The van der Waals surface area contributed by atoms with Gasteiger partial charge in [0.15, 0.2) is 0 Å². The number of cyclic esters (lactones) is 1. The number of hydrogen-bond acceptors (Lipinski definition) is 3. The summed E-state index contributed by atoms with van der Waals surface area (Å²) in [6, 6.07) is 9.55. The molecule has 1 unspecified atom stereocenters. The predicted octanol–water partition coefficient (Wildman–Crippen LogP) is 3.07. The molecule has 2 rings (SSSR count). The van der Waals surface area contributed by atoms with Crippen molar-refractivity contribution in [2.24, 2.45) is 0 Å². The number of ether oxygens (including phenoxy) is 1. The molecule has 102 valence electrons. The quantitative estimate of drug-likeness (QED) is 0.836. The van der Waals surface area contributed by atoms with E-state index in [1.54, 1.807) is 0 Å². The smallest absolute Gasteiger partial charge is 0.417 e. The molecule has 1 heterocycles. The van der Waals surface area contributed by atoms with Crippen LogP contribution in [0.5, 0.6) is 0 Å². The van der Waals surface area contributed by atoms with E-state index in [-0.39, 0.29) is 12.5 Å². The van der Waals surface area contributed by atoms with E-state index >= 15 is 0 Å². The zero-order valence-electron chi connectivity index (χ0n) is 11.4. The molecule has 4 nitrogen and oxygen atoms in total. The molecule has 0 saturated carbocycles. The van der Waals surface area contributed by atoms with E-state index in [0.717, 1.165) is 18.4 Å². The molecule has 0 aromatic heterocycles. The van der Waals surface area contributed by atoms with Crippen molar-refractivity contribution < 1.29 is 14.3 Å². The van der Waals surface area contributed by atoms with Gasteiger partial charge in [-0.25, -0.2) is 9.69 Å². The molecule has 1 aromatic carbocycles. The van der Waals surface area contributed by atoms with E-state index in [0.29, 0.717) is 6.42 Å². The number of rotatable bonds is 4. The molecule has 1 saturated heterocycles. The molecule has 4 heteroatoms. The number of unbranched alkanes of at least 4 members (excludes halogenated alkanes) is 1. The monoisotopic (exact) mass is 261 g/mol. The van der Waals surface area contributed by atoms with E-state index < -0.39 is 11.6 Å². The Balaban J connectivity index is 2.28. The van der Waals surface area contributed by atoms with Gasteiger partial charge >= 0.3 is 6.09 Å². The van der Waals surface area contributed by atoms with Gasteiger partial charge < -0.3 is 4.74 Å². The normalized spacial score (nSPS) is 22.4. The first-order chi connectivity index (χ1) is 9.09. The Morgan fingerprint density at radius 1 is 1.37 bits per heavy atom. The van der Waals surface area contributed by atoms with Crippen LogP contribution in [0.15, 0.2) is 30.3 Å². The third kappa shape index (κ3) is 2.48. The van der Waals surface area contributed by atoms with Crippen LogP contribution in [0.3, 0.4) is 0 Å². The lowest BCUT2D eigenvalue weighted by molar-refractivity contribution is -0.131. The van der Waals surface area contributed by atoms with Crippen molar-refractivity contribution in [3.63, 3.8) is 0 Å². The van der Waals surface area contributed by atoms with Crippen LogP contribution in [0, 0.1) is 0 Å². The van der Waals surface area contributed by atoms with Crippen LogP contribution in [0.2, 0.25) is 0 Å². The minimum absolute atomic E-state index is 0.157. The van der Waals surface area contributed by atoms with Crippen LogP contribution in [-0.2, 0) is 15.1 Å². The van der Waals surface area contributed by atoms with Crippen LogP contribution in [0.4, 0.5) is 4.79 Å². The Bertz CT molecular complexity index is 472. The molecule has 1 aliphatic heterocycles. The van der Waals surface area contributed by atoms with Crippen molar-refractivity contribution >= 4 is 12.0 Å². The zero-order valence-corrected chi connectivity index (χ0v) is 11.4. The highest BCUT2D eigenvalue weighted by Crippen LogP contribution is 2.35. The van der Waals surface area contributed by atoms with Gasteiger partial charge in [-0.3, -0.25) is 4.79 Å². The third-order valence-electron chi connectivity index (χ3n) is 3.54. The number of carbonyl (C=O) groups is 2. The fraction of sp³-hybridized carbons (Fsp3) is 0.467. The molecule has 1 aliphatic rings. The lowest BCUT2D eigenvalue weighted by Gasteiger charge is -2.30. The van der Waals surface area contributed by atoms with Crippen molar-refractivity contribution in [3.05, 3.63) is 35.9 Å². The van der Waals surface area contributed by atoms with E-state index in [1.807, 2.05) is 44.2 Å². The van der Waals surface area contributed by atoms with Crippen LogP contribution < -0.4 is 0 Å². The van der Waals surface area contributed by atoms with E-state index in [1.165, 1.54) is 4.90 Å². The molecule has 19 heavy (non-hydrogen) atoms. The third-order valence-corrected chi connectivity index (χ3v) is 3.54. The Morgan fingerprint density at radius 3 is 2.68 bits per heavy atom. The molecule has 1 atom stereocenters. The van der Waals surface area contributed by atoms with Gasteiger partial charge in [-0.2, -0.15) is 0 Å². The van der Waals surface area contributed by atoms with Gasteiger partial charge in [0.2, 0.25) is 5.91 Å². The van der Waals surface area contributed by atoms with Crippen molar-refractivity contribution in [2.75, 3.05) is 6.61 Å². The number of carbonyl (C=O) groups excluding carboxylic acids is 2. The predicted molar refractivity (Wildman–Crippen MR) is 71.5 cm³/mol. The molecule has 0 spiro atoms. The lowest BCUT2D eigenvalue weighted by atomic mass is 9.91. The number of imide groups is 1. The molecule has 0 bridgehead atoms.